The van der Waals surface area contributed by atoms with Gasteiger partial charge in [0.05, 0.1) is 30.3 Å². The van der Waals surface area contributed by atoms with Crippen molar-refractivity contribution >= 4 is 22.9 Å². The van der Waals surface area contributed by atoms with Gasteiger partial charge in [0.2, 0.25) is 5.91 Å². The Kier molecular flexibility index (Phi) is 3.48. The van der Waals surface area contributed by atoms with Gasteiger partial charge in [-0.05, 0) is 12.1 Å². The Hall–Kier alpha value is -2.90. The average molecular weight is 342 g/mol. The van der Waals surface area contributed by atoms with Crippen LogP contribution < -0.4 is 5.56 Å². The van der Waals surface area contributed by atoms with Gasteiger partial charge in [-0.3, -0.25) is 14.2 Å². The molecule has 2 fully saturated rings. The van der Waals surface area contributed by atoms with E-state index in [1.807, 2.05) is 6.07 Å². The minimum absolute atomic E-state index is 0.0729. The highest BCUT2D eigenvalue weighted by Crippen LogP contribution is 2.31. The summed E-state index contributed by atoms with van der Waals surface area (Å²) in [4.78, 5) is 44.1. The molecule has 1 aromatic heterocycles. The fraction of sp³-hybridized carbons (Fsp3) is 0.412. The molecule has 1 spiro atoms. The van der Waals surface area contributed by atoms with Crippen molar-refractivity contribution in [1.29, 1.82) is 0 Å². The molecule has 8 nitrogen and oxygen atoms in total. The Morgan fingerprint density at radius 2 is 2.08 bits per heavy atom. The Bertz CT molecular complexity index is 924. The number of likely N-dealkylation sites (tertiary alicyclic amines) is 1. The van der Waals surface area contributed by atoms with Crippen molar-refractivity contribution in [2.45, 2.75) is 18.6 Å². The molecular formula is C17H18N4O4. The summed E-state index contributed by atoms with van der Waals surface area (Å²) in [5.74, 6) is -0.179. The lowest BCUT2D eigenvalue weighted by Gasteiger charge is -2.22. The summed E-state index contributed by atoms with van der Waals surface area (Å²) in [6.45, 7) is 1.27. The van der Waals surface area contributed by atoms with E-state index in [9.17, 15) is 14.4 Å². The summed E-state index contributed by atoms with van der Waals surface area (Å²) in [5, 5.41) is 0.488. The van der Waals surface area contributed by atoms with Crippen LogP contribution in [-0.2, 0) is 16.1 Å². The molecule has 2 aliphatic heterocycles. The van der Waals surface area contributed by atoms with E-state index in [0.29, 0.717) is 37.0 Å². The van der Waals surface area contributed by atoms with Gasteiger partial charge in [0.15, 0.2) is 5.60 Å². The number of aromatic nitrogens is 2. The van der Waals surface area contributed by atoms with E-state index in [0.717, 1.165) is 0 Å². The quantitative estimate of drug-likeness (QED) is 0.791. The zero-order valence-electron chi connectivity index (χ0n) is 13.8. The van der Waals surface area contributed by atoms with Crippen LogP contribution in [0.2, 0.25) is 0 Å². The number of rotatable bonds is 2. The molecule has 0 bridgehead atoms. The zero-order valence-corrected chi connectivity index (χ0v) is 13.8. The molecule has 130 valence electrons. The van der Waals surface area contributed by atoms with Gasteiger partial charge in [-0.25, -0.2) is 9.78 Å². The Morgan fingerprint density at radius 3 is 2.84 bits per heavy atom. The summed E-state index contributed by atoms with van der Waals surface area (Å²) in [7, 11) is 1.68. The van der Waals surface area contributed by atoms with Crippen molar-refractivity contribution in [3.05, 3.63) is 40.9 Å². The molecule has 0 saturated carbocycles. The number of ether oxygens (including phenoxy) is 1. The van der Waals surface area contributed by atoms with E-state index in [4.69, 9.17) is 4.74 Å². The van der Waals surface area contributed by atoms with Crippen LogP contribution in [0.25, 0.3) is 10.9 Å². The van der Waals surface area contributed by atoms with Gasteiger partial charge in [-0.15, -0.1) is 0 Å². The topological polar surface area (TPSA) is 84.7 Å². The fourth-order valence-electron chi connectivity index (χ4n) is 3.53. The molecule has 3 heterocycles. The number of carbonyl (C=O) groups excluding carboxylic acids is 2. The van der Waals surface area contributed by atoms with E-state index in [1.165, 1.54) is 15.8 Å². The summed E-state index contributed by atoms with van der Waals surface area (Å²) < 4.78 is 6.77. The summed E-state index contributed by atoms with van der Waals surface area (Å²) in [6.07, 6.45) is 1.65. The second-order valence-electron chi connectivity index (χ2n) is 6.67. The molecule has 1 atom stereocenters. The van der Waals surface area contributed by atoms with Crippen LogP contribution in [0.5, 0.6) is 0 Å². The third kappa shape index (κ3) is 2.63. The standard InChI is InChI=1S/C17H18N4O4/c1-19-9-17(25-16(19)24)6-7-20(10-17)14(22)8-21-11-18-13-5-3-2-4-12(13)15(21)23/h2-5,11H,6-10H2,1H3. The van der Waals surface area contributed by atoms with E-state index >= 15 is 0 Å². The van der Waals surface area contributed by atoms with Gasteiger partial charge in [0.1, 0.15) is 6.54 Å². The van der Waals surface area contributed by atoms with Crippen molar-refractivity contribution in [1.82, 2.24) is 19.4 Å². The lowest BCUT2D eigenvalue weighted by atomic mass is 10.0. The lowest BCUT2D eigenvalue weighted by molar-refractivity contribution is -0.131. The highest BCUT2D eigenvalue weighted by Gasteiger charge is 2.49. The number of hydrogen-bond acceptors (Lipinski definition) is 5. The van der Waals surface area contributed by atoms with Gasteiger partial charge < -0.3 is 14.5 Å². The van der Waals surface area contributed by atoms with Crippen molar-refractivity contribution in [3.8, 4) is 0 Å². The minimum atomic E-state index is -0.617. The molecule has 8 heteroatoms. The predicted molar refractivity (Wildman–Crippen MR) is 89.0 cm³/mol. The summed E-state index contributed by atoms with van der Waals surface area (Å²) in [6, 6.07) is 7.04. The molecule has 0 aliphatic carbocycles. The minimum Gasteiger partial charge on any atom is -0.439 e. The number of carbonyl (C=O) groups is 2. The molecule has 25 heavy (non-hydrogen) atoms. The number of fused-ring (bicyclic) bond motifs is 1. The number of hydrogen-bond donors (Lipinski definition) is 0. The van der Waals surface area contributed by atoms with E-state index < -0.39 is 5.60 Å². The summed E-state index contributed by atoms with van der Waals surface area (Å²) in [5.41, 5.74) is -0.245. The maximum Gasteiger partial charge on any atom is 0.410 e. The normalized spacial score (nSPS) is 22.8. The van der Waals surface area contributed by atoms with Gasteiger partial charge >= 0.3 is 6.09 Å². The molecule has 1 unspecified atom stereocenters. The molecule has 0 N–H and O–H groups in total. The molecule has 2 aromatic rings. The SMILES string of the molecule is CN1CC2(CCN(C(=O)Cn3cnc4ccccc4c3=O)C2)OC1=O. The first-order valence-electron chi connectivity index (χ1n) is 8.14. The highest BCUT2D eigenvalue weighted by molar-refractivity contribution is 5.79. The lowest BCUT2D eigenvalue weighted by Crippen LogP contribution is -2.41. The van der Waals surface area contributed by atoms with Gasteiger partial charge in [-0.1, -0.05) is 12.1 Å². The molecule has 2 amide bonds. The Balaban J connectivity index is 1.51. The van der Waals surface area contributed by atoms with Gasteiger partial charge in [-0.2, -0.15) is 0 Å². The first-order valence-corrected chi connectivity index (χ1v) is 8.14. The van der Waals surface area contributed by atoms with Crippen LogP contribution >= 0.6 is 0 Å². The first kappa shape index (κ1) is 15.6. The first-order chi connectivity index (χ1) is 12.0. The number of nitrogens with zero attached hydrogens (tertiary/aromatic N) is 4. The molecular weight excluding hydrogens is 324 g/mol. The van der Waals surface area contributed by atoms with Crippen LogP contribution in [0.4, 0.5) is 4.79 Å². The largest absolute Gasteiger partial charge is 0.439 e. The second-order valence-corrected chi connectivity index (χ2v) is 6.67. The van der Waals surface area contributed by atoms with Crippen LogP contribution in [0.15, 0.2) is 35.4 Å². The Labute approximate surface area is 143 Å². The number of benzene rings is 1. The van der Waals surface area contributed by atoms with Crippen LogP contribution in [0.1, 0.15) is 6.42 Å². The molecule has 0 radical (unpaired) electrons. The fourth-order valence-corrected chi connectivity index (χ4v) is 3.53. The third-order valence-corrected chi connectivity index (χ3v) is 4.85. The monoisotopic (exact) mass is 342 g/mol. The number of para-hydroxylation sites is 1. The third-order valence-electron chi connectivity index (χ3n) is 4.85. The highest BCUT2D eigenvalue weighted by atomic mass is 16.6. The van der Waals surface area contributed by atoms with Crippen molar-refractivity contribution < 1.29 is 14.3 Å². The smallest absolute Gasteiger partial charge is 0.410 e. The molecule has 2 aliphatic rings. The maximum absolute atomic E-state index is 12.6. The van der Waals surface area contributed by atoms with E-state index in [2.05, 4.69) is 4.98 Å². The predicted octanol–water partition coefficient (Wildman–Crippen LogP) is 0.450. The van der Waals surface area contributed by atoms with Gasteiger partial charge in [0, 0.05) is 20.0 Å². The van der Waals surface area contributed by atoms with E-state index in [1.54, 1.807) is 30.1 Å². The molecule has 2 saturated heterocycles. The van der Waals surface area contributed by atoms with Crippen molar-refractivity contribution in [3.63, 3.8) is 0 Å². The van der Waals surface area contributed by atoms with Crippen LogP contribution in [0, 0.1) is 0 Å². The van der Waals surface area contributed by atoms with Crippen molar-refractivity contribution in [2.24, 2.45) is 0 Å². The molecule has 1 aromatic carbocycles. The van der Waals surface area contributed by atoms with E-state index in [-0.39, 0.29) is 24.1 Å². The summed E-state index contributed by atoms with van der Waals surface area (Å²) >= 11 is 0. The number of amides is 2. The molecule has 4 rings (SSSR count). The van der Waals surface area contributed by atoms with Gasteiger partial charge in [0.25, 0.3) is 5.56 Å². The van der Waals surface area contributed by atoms with Crippen LogP contribution in [0.3, 0.4) is 0 Å². The Morgan fingerprint density at radius 1 is 1.28 bits per heavy atom. The number of likely N-dealkylation sites (N-methyl/N-ethyl adjacent to an activating group) is 1. The average Bonchev–Trinajstić information content (AvgIpc) is 3.13. The second kappa shape index (κ2) is 5.58. The maximum atomic E-state index is 12.6. The zero-order chi connectivity index (χ0) is 17.6. The van der Waals surface area contributed by atoms with Crippen LogP contribution in [-0.4, -0.2) is 63.6 Å². The van der Waals surface area contributed by atoms with Crippen molar-refractivity contribution in [2.75, 3.05) is 26.7 Å².